The van der Waals surface area contributed by atoms with Crippen LogP contribution in [-0.4, -0.2) is 17.5 Å². The van der Waals surface area contributed by atoms with Gasteiger partial charge in [0, 0.05) is 30.4 Å². The molecule has 0 heterocycles. The van der Waals surface area contributed by atoms with Crippen molar-refractivity contribution in [2.75, 3.05) is 11.9 Å². The molecule has 0 aliphatic rings. The lowest BCUT2D eigenvalue weighted by Gasteiger charge is -2.11. The highest BCUT2D eigenvalue weighted by Gasteiger charge is 2.04. The fourth-order valence-electron chi connectivity index (χ4n) is 1.02. The molecule has 0 aromatic heterocycles. The van der Waals surface area contributed by atoms with Crippen LogP contribution in [0.2, 0.25) is 0 Å². The number of rotatable bonds is 4. The normalized spacial score (nSPS) is 12.1. The van der Waals surface area contributed by atoms with Crippen molar-refractivity contribution in [2.45, 2.75) is 13.0 Å². The van der Waals surface area contributed by atoms with Crippen LogP contribution < -0.4 is 11.1 Å². The first-order valence-electron chi connectivity index (χ1n) is 4.34. The highest BCUT2D eigenvalue weighted by Crippen LogP contribution is 2.15. The van der Waals surface area contributed by atoms with Crippen LogP contribution >= 0.6 is 0 Å². The van der Waals surface area contributed by atoms with Gasteiger partial charge in [0.2, 0.25) is 0 Å². The second kappa shape index (κ2) is 4.57. The molecule has 0 spiro atoms. The van der Waals surface area contributed by atoms with E-state index in [1.807, 2.05) is 6.92 Å². The molecule has 5 heteroatoms. The third-order valence-corrected chi connectivity index (χ3v) is 1.84. The standard InChI is InChI=1S/C9H13N3O2/c1-7(6-10)11-8-2-4-9(5-3-8)12(13)14/h2-5,7,11H,6,10H2,1H3/t7-/m0/s1. The Bertz CT molecular complexity index is 310. The van der Waals surface area contributed by atoms with E-state index in [0.29, 0.717) is 6.54 Å². The number of nitrogens with zero attached hydrogens (tertiary/aromatic N) is 1. The lowest BCUT2D eigenvalue weighted by atomic mass is 10.2. The molecule has 3 N–H and O–H groups in total. The fourth-order valence-corrected chi connectivity index (χ4v) is 1.02. The van der Waals surface area contributed by atoms with Crippen LogP contribution in [0.25, 0.3) is 0 Å². The molecule has 0 unspecified atom stereocenters. The molecule has 0 aliphatic carbocycles. The molecule has 1 rings (SSSR count). The van der Waals surface area contributed by atoms with E-state index in [1.54, 1.807) is 12.1 Å². The monoisotopic (exact) mass is 195 g/mol. The average Bonchev–Trinajstić information content (AvgIpc) is 2.18. The summed E-state index contributed by atoms with van der Waals surface area (Å²) in [5.41, 5.74) is 6.36. The van der Waals surface area contributed by atoms with Crippen molar-refractivity contribution >= 4 is 11.4 Å². The van der Waals surface area contributed by atoms with Crippen LogP contribution in [-0.2, 0) is 0 Å². The minimum Gasteiger partial charge on any atom is -0.381 e. The summed E-state index contributed by atoms with van der Waals surface area (Å²) in [6.07, 6.45) is 0. The van der Waals surface area contributed by atoms with Crippen LogP contribution in [0.15, 0.2) is 24.3 Å². The molecule has 0 radical (unpaired) electrons. The van der Waals surface area contributed by atoms with Gasteiger partial charge in [-0.05, 0) is 19.1 Å². The van der Waals surface area contributed by atoms with Crippen molar-refractivity contribution in [1.82, 2.24) is 0 Å². The zero-order valence-corrected chi connectivity index (χ0v) is 7.93. The summed E-state index contributed by atoms with van der Waals surface area (Å²) in [6.45, 7) is 2.47. The quantitative estimate of drug-likeness (QED) is 0.561. The first kappa shape index (κ1) is 10.5. The topological polar surface area (TPSA) is 81.2 Å². The first-order chi connectivity index (χ1) is 6.63. The Morgan fingerprint density at radius 3 is 2.50 bits per heavy atom. The molecular formula is C9H13N3O2. The highest BCUT2D eigenvalue weighted by atomic mass is 16.6. The largest absolute Gasteiger partial charge is 0.381 e. The predicted octanol–water partition coefficient (Wildman–Crippen LogP) is 1.35. The lowest BCUT2D eigenvalue weighted by Crippen LogP contribution is -2.24. The van der Waals surface area contributed by atoms with Crippen LogP contribution in [0.5, 0.6) is 0 Å². The van der Waals surface area contributed by atoms with Crippen molar-refractivity contribution in [1.29, 1.82) is 0 Å². The molecule has 1 atom stereocenters. The lowest BCUT2D eigenvalue weighted by molar-refractivity contribution is -0.384. The van der Waals surface area contributed by atoms with E-state index in [0.717, 1.165) is 5.69 Å². The number of nitro benzene ring substituents is 1. The average molecular weight is 195 g/mol. The molecule has 0 amide bonds. The zero-order chi connectivity index (χ0) is 10.6. The van der Waals surface area contributed by atoms with Gasteiger partial charge in [-0.15, -0.1) is 0 Å². The maximum Gasteiger partial charge on any atom is 0.269 e. The van der Waals surface area contributed by atoms with E-state index in [-0.39, 0.29) is 11.7 Å². The van der Waals surface area contributed by atoms with E-state index >= 15 is 0 Å². The van der Waals surface area contributed by atoms with Crippen molar-refractivity contribution in [3.05, 3.63) is 34.4 Å². The van der Waals surface area contributed by atoms with E-state index in [4.69, 9.17) is 5.73 Å². The van der Waals surface area contributed by atoms with E-state index in [2.05, 4.69) is 5.32 Å². The molecule has 0 saturated heterocycles. The van der Waals surface area contributed by atoms with Crippen LogP contribution in [0, 0.1) is 10.1 Å². The van der Waals surface area contributed by atoms with Crippen LogP contribution in [0.4, 0.5) is 11.4 Å². The molecule has 76 valence electrons. The SMILES string of the molecule is C[C@@H](CN)Nc1ccc([N+](=O)[O-])cc1. The minimum atomic E-state index is -0.420. The summed E-state index contributed by atoms with van der Waals surface area (Å²) in [5.74, 6) is 0. The van der Waals surface area contributed by atoms with Crippen molar-refractivity contribution in [2.24, 2.45) is 5.73 Å². The van der Waals surface area contributed by atoms with Gasteiger partial charge in [-0.2, -0.15) is 0 Å². The summed E-state index contributed by atoms with van der Waals surface area (Å²) in [7, 11) is 0. The van der Waals surface area contributed by atoms with Gasteiger partial charge >= 0.3 is 0 Å². The molecule has 1 aromatic rings. The molecule has 0 bridgehead atoms. The maximum atomic E-state index is 10.4. The van der Waals surface area contributed by atoms with E-state index < -0.39 is 4.92 Å². The van der Waals surface area contributed by atoms with Gasteiger partial charge in [0.25, 0.3) is 5.69 Å². The highest BCUT2D eigenvalue weighted by molar-refractivity contribution is 5.49. The second-order valence-electron chi connectivity index (χ2n) is 3.09. The summed E-state index contributed by atoms with van der Waals surface area (Å²) >= 11 is 0. The number of benzene rings is 1. The van der Waals surface area contributed by atoms with Gasteiger partial charge < -0.3 is 11.1 Å². The Morgan fingerprint density at radius 1 is 1.50 bits per heavy atom. The van der Waals surface area contributed by atoms with E-state index in [9.17, 15) is 10.1 Å². The molecule has 1 aromatic carbocycles. The molecular weight excluding hydrogens is 182 g/mol. The third-order valence-electron chi connectivity index (χ3n) is 1.84. The summed E-state index contributed by atoms with van der Waals surface area (Å²) < 4.78 is 0. The molecule has 0 fully saturated rings. The maximum absolute atomic E-state index is 10.4. The smallest absolute Gasteiger partial charge is 0.269 e. The minimum absolute atomic E-state index is 0.0935. The van der Waals surface area contributed by atoms with Crippen molar-refractivity contribution < 1.29 is 4.92 Å². The number of anilines is 1. The number of nitrogens with two attached hydrogens (primary N) is 1. The van der Waals surface area contributed by atoms with E-state index in [1.165, 1.54) is 12.1 Å². The summed E-state index contributed by atoms with van der Waals surface area (Å²) in [6, 6.07) is 6.43. The molecule has 0 aliphatic heterocycles. The number of hydrogen-bond acceptors (Lipinski definition) is 4. The van der Waals surface area contributed by atoms with Crippen molar-refractivity contribution in [3.8, 4) is 0 Å². The van der Waals surface area contributed by atoms with Gasteiger partial charge in [-0.25, -0.2) is 0 Å². The number of non-ortho nitro benzene ring substituents is 1. The Hall–Kier alpha value is -1.62. The molecule has 14 heavy (non-hydrogen) atoms. The number of nitro groups is 1. The Labute approximate surface area is 82.1 Å². The summed E-state index contributed by atoms with van der Waals surface area (Å²) in [4.78, 5) is 9.94. The molecule has 5 nitrogen and oxygen atoms in total. The Kier molecular flexibility index (Phi) is 3.41. The number of nitrogens with one attached hydrogen (secondary N) is 1. The van der Waals surface area contributed by atoms with Gasteiger partial charge in [-0.1, -0.05) is 0 Å². The third kappa shape index (κ3) is 2.70. The van der Waals surface area contributed by atoms with Gasteiger partial charge in [0.15, 0.2) is 0 Å². The van der Waals surface area contributed by atoms with Gasteiger partial charge in [0.05, 0.1) is 4.92 Å². The van der Waals surface area contributed by atoms with Gasteiger partial charge in [0.1, 0.15) is 0 Å². The summed E-state index contributed by atoms with van der Waals surface area (Å²) in [5, 5.41) is 13.5. The Morgan fingerprint density at radius 2 is 2.07 bits per heavy atom. The zero-order valence-electron chi connectivity index (χ0n) is 7.93. The van der Waals surface area contributed by atoms with Crippen LogP contribution in [0.1, 0.15) is 6.92 Å². The van der Waals surface area contributed by atoms with Gasteiger partial charge in [-0.3, -0.25) is 10.1 Å². The second-order valence-corrected chi connectivity index (χ2v) is 3.09. The predicted molar refractivity (Wildman–Crippen MR) is 55.2 cm³/mol. The van der Waals surface area contributed by atoms with Crippen molar-refractivity contribution in [3.63, 3.8) is 0 Å². The fraction of sp³-hybridized carbons (Fsp3) is 0.333. The van der Waals surface area contributed by atoms with Crippen LogP contribution in [0.3, 0.4) is 0 Å². The Balaban J connectivity index is 2.68. The molecule has 0 saturated carbocycles. The first-order valence-corrected chi connectivity index (χ1v) is 4.34. The number of hydrogen-bond donors (Lipinski definition) is 2.